The van der Waals surface area contributed by atoms with E-state index in [9.17, 15) is 4.79 Å². The van der Waals surface area contributed by atoms with Crippen LogP contribution >= 0.6 is 15.9 Å². The predicted molar refractivity (Wildman–Crippen MR) is 50.4 cm³/mol. The van der Waals surface area contributed by atoms with Crippen LogP contribution in [0.3, 0.4) is 0 Å². The predicted octanol–water partition coefficient (Wildman–Crippen LogP) is 1.02. The van der Waals surface area contributed by atoms with Crippen LogP contribution in [0.15, 0.2) is 0 Å². The first kappa shape index (κ1) is 9.99. The zero-order valence-corrected chi connectivity index (χ0v) is 9.06. The van der Waals surface area contributed by atoms with Gasteiger partial charge in [-0.15, -0.1) is 0 Å². The first-order valence-corrected chi connectivity index (χ1v) is 5.15. The molecule has 1 fully saturated rings. The number of carbonyl (C=O) groups excluding carboxylic acids is 1. The quantitative estimate of drug-likeness (QED) is 0.636. The molecule has 1 amide bonds. The lowest BCUT2D eigenvalue weighted by atomic mass is 10.1. The van der Waals surface area contributed by atoms with Crippen molar-refractivity contribution >= 4 is 21.8 Å². The average molecular weight is 236 g/mol. The maximum atomic E-state index is 11.3. The third-order valence-corrected chi connectivity index (χ3v) is 2.37. The molecule has 4 heteroatoms. The molecular weight excluding hydrogens is 222 g/mol. The molecule has 0 aliphatic carbocycles. The molecule has 0 aromatic carbocycles. The Morgan fingerprint density at radius 2 is 2.33 bits per heavy atom. The highest BCUT2D eigenvalue weighted by Crippen LogP contribution is 2.16. The Bertz CT molecular complexity index is 182. The van der Waals surface area contributed by atoms with E-state index in [1.165, 1.54) is 0 Å². The molecule has 0 N–H and O–H groups in total. The first-order valence-electron chi connectivity index (χ1n) is 4.03. The number of halogens is 1. The van der Waals surface area contributed by atoms with Crippen LogP contribution in [0.2, 0.25) is 0 Å². The van der Waals surface area contributed by atoms with Gasteiger partial charge in [-0.05, 0) is 13.8 Å². The monoisotopic (exact) mass is 235 g/mol. The van der Waals surface area contributed by atoms with Crippen LogP contribution < -0.4 is 0 Å². The van der Waals surface area contributed by atoms with Crippen LogP contribution in [0.1, 0.15) is 13.8 Å². The summed E-state index contributed by atoms with van der Waals surface area (Å²) >= 11 is 3.16. The van der Waals surface area contributed by atoms with Gasteiger partial charge in [-0.1, -0.05) is 15.9 Å². The van der Waals surface area contributed by atoms with Crippen LogP contribution in [0.4, 0.5) is 0 Å². The molecule has 0 aromatic rings. The molecule has 0 aromatic heterocycles. The number of hydrogen-bond donors (Lipinski definition) is 0. The Hall–Kier alpha value is -0.0900. The molecule has 1 aliphatic rings. The van der Waals surface area contributed by atoms with Gasteiger partial charge < -0.3 is 9.64 Å². The van der Waals surface area contributed by atoms with Crippen LogP contribution in [0, 0.1) is 0 Å². The largest absolute Gasteiger partial charge is 0.372 e. The van der Waals surface area contributed by atoms with E-state index in [1.54, 1.807) is 0 Å². The van der Waals surface area contributed by atoms with Crippen molar-refractivity contribution in [3.8, 4) is 0 Å². The van der Waals surface area contributed by atoms with Gasteiger partial charge in [-0.3, -0.25) is 4.79 Å². The van der Waals surface area contributed by atoms with Crippen molar-refractivity contribution in [1.82, 2.24) is 4.90 Å². The van der Waals surface area contributed by atoms with E-state index in [0.717, 1.165) is 0 Å². The summed E-state index contributed by atoms with van der Waals surface area (Å²) in [6.07, 6.45) is 0. The average Bonchev–Trinajstić information content (AvgIpc) is 2.01. The Labute approximate surface area is 81.2 Å². The van der Waals surface area contributed by atoms with Gasteiger partial charge in [0.2, 0.25) is 5.91 Å². The molecule has 70 valence electrons. The van der Waals surface area contributed by atoms with Gasteiger partial charge in [0, 0.05) is 13.1 Å². The normalized spacial score (nSPS) is 22.4. The van der Waals surface area contributed by atoms with Gasteiger partial charge in [0.15, 0.2) is 0 Å². The SMILES string of the molecule is CC1(C)CN(C(=O)CBr)CCO1. The summed E-state index contributed by atoms with van der Waals surface area (Å²) in [5, 5.41) is 0.406. The number of nitrogens with zero attached hydrogens (tertiary/aromatic N) is 1. The zero-order chi connectivity index (χ0) is 9.19. The number of morpholine rings is 1. The Balaban J connectivity index is 2.52. The highest BCUT2D eigenvalue weighted by molar-refractivity contribution is 9.09. The first-order chi connectivity index (χ1) is 5.55. The molecule has 1 rings (SSSR count). The lowest BCUT2D eigenvalue weighted by molar-refractivity contribution is -0.143. The summed E-state index contributed by atoms with van der Waals surface area (Å²) in [6, 6.07) is 0. The number of ether oxygens (including phenoxy) is 1. The third kappa shape index (κ3) is 2.45. The van der Waals surface area contributed by atoms with Gasteiger partial charge in [-0.2, -0.15) is 0 Å². The summed E-state index contributed by atoms with van der Waals surface area (Å²) in [5.41, 5.74) is -0.184. The number of hydrogen-bond acceptors (Lipinski definition) is 2. The van der Waals surface area contributed by atoms with Crippen molar-refractivity contribution in [3.63, 3.8) is 0 Å². The van der Waals surface area contributed by atoms with Crippen molar-refractivity contribution in [1.29, 1.82) is 0 Å². The summed E-state index contributed by atoms with van der Waals surface area (Å²) in [6.45, 7) is 6.05. The molecule has 0 unspecified atom stereocenters. The third-order valence-electron chi connectivity index (χ3n) is 1.89. The molecular formula is C8H14BrNO2. The smallest absolute Gasteiger partial charge is 0.233 e. The Morgan fingerprint density at radius 3 is 2.83 bits per heavy atom. The zero-order valence-electron chi connectivity index (χ0n) is 7.47. The van der Waals surface area contributed by atoms with Crippen molar-refractivity contribution in [2.75, 3.05) is 25.0 Å². The van der Waals surface area contributed by atoms with Gasteiger partial charge >= 0.3 is 0 Å². The molecule has 0 bridgehead atoms. The second-order valence-corrected chi connectivity index (χ2v) is 4.12. The number of alkyl halides is 1. The second kappa shape index (κ2) is 3.75. The van der Waals surface area contributed by atoms with Gasteiger partial charge in [0.1, 0.15) is 0 Å². The lowest BCUT2D eigenvalue weighted by Crippen LogP contribution is -2.50. The Kier molecular flexibility index (Phi) is 3.12. The van der Waals surface area contributed by atoms with Gasteiger partial charge in [0.25, 0.3) is 0 Å². The number of rotatable bonds is 1. The van der Waals surface area contributed by atoms with E-state index in [0.29, 0.717) is 25.0 Å². The number of carbonyl (C=O) groups is 1. The minimum absolute atomic E-state index is 0.145. The highest BCUT2D eigenvalue weighted by atomic mass is 79.9. The van der Waals surface area contributed by atoms with E-state index in [-0.39, 0.29) is 11.5 Å². The fraction of sp³-hybridized carbons (Fsp3) is 0.875. The highest BCUT2D eigenvalue weighted by Gasteiger charge is 2.29. The fourth-order valence-corrected chi connectivity index (χ4v) is 1.67. The maximum absolute atomic E-state index is 11.3. The van der Waals surface area contributed by atoms with Crippen molar-refractivity contribution in [2.45, 2.75) is 19.4 Å². The molecule has 0 radical (unpaired) electrons. The van der Waals surface area contributed by atoms with Crippen LogP contribution in [0.25, 0.3) is 0 Å². The molecule has 0 spiro atoms. The van der Waals surface area contributed by atoms with E-state index >= 15 is 0 Å². The van der Waals surface area contributed by atoms with E-state index in [1.807, 2.05) is 18.7 Å². The standard InChI is InChI=1S/C8H14BrNO2/c1-8(2)6-10(3-4-12-8)7(11)5-9/h3-6H2,1-2H3. The van der Waals surface area contributed by atoms with Crippen LogP contribution in [-0.4, -0.2) is 41.4 Å². The minimum atomic E-state index is -0.184. The van der Waals surface area contributed by atoms with E-state index in [4.69, 9.17) is 4.74 Å². The number of amides is 1. The topological polar surface area (TPSA) is 29.5 Å². The minimum Gasteiger partial charge on any atom is -0.372 e. The summed E-state index contributed by atoms with van der Waals surface area (Å²) in [4.78, 5) is 13.1. The van der Waals surface area contributed by atoms with Crippen molar-refractivity contribution in [3.05, 3.63) is 0 Å². The molecule has 1 aliphatic heterocycles. The lowest BCUT2D eigenvalue weighted by Gasteiger charge is -2.37. The molecule has 0 atom stereocenters. The molecule has 1 heterocycles. The molecule has 12 heavy (non-hydrogen) atoms. The van der Waals surface area contributed by atoms with E-state index < -0.39 is 0 Å². The maximum Gasteiger partial charge on any atom is 0.233 e. The fourth-order valence-electron chi connectivity index (χ4n) is 1.31. The van der Waals surface area contributed by atoms with Gasteiger partial charge in [0.05, 0.1) is 17.5 Å². The van der Waals surface area contributed by atoms with E-state index in [2.05, 4.69) is 15.9 Å². The van der Waals surface area contributed by atoms with Crippen molar-refractivity contribution < 1.29 is 9.53 Å². The molecule has 3 nitrogen and oxygen atoms in total. The Morgan fingerprint density at radius 1 is 1.67 bits per heavy atom. The van der Waals surface area contributed by atoms with Crippen molar-refractivity contribution in [2.24, 2.45) is 0 Å². The summed E-state index contributed by atoms with van der Waals surface area (Å²) in [7, 11) is 0. The van der Waals surface area contributed by atoms with Gasteiger partial charge in [-0.25, -0.2) is 0 Å². The molecule has 0 saturated carbocycles. The summed E-state index contributed by atoms with van der Waals surface area (Å²) < 4.78 is 5.48. The van der Waals surface area contributed by atoms with Crippen LogP contribution in [-0.2, 0) is 9.53 Å². The second-order valence-electron chi connectivity index (χ2n) is 3.56. The van der Waals surface area contributed by atoms with Crippen LogP contribution in [0.5, 0.6) is 0 Å². The summed E-state index contributed by atoms with van der Waals surface area (Å²) in [5.74, 6) is 0.145. The molecule has 1 saturated heterocycles.